The standard InChI is InChI=1S/C17H19N3O/c21-17(13-5-1-2-6-13)20-12-15-8-4-10-19-16(15)14-7-3-9-18-11-14/h3-4,7-11,13H,1-2,5-6,12H2,(H,20,21). The maximum absolute atomic E-state index is 12.1. The minimum Gasteiger partial charge on any atom is -0.352 e. The highest BCUT2D eigenvalue weighted by molar-refractivity contribution is 5.79. The normalized spacial score (nSPS) is 15.0. The number of carbonyl (C=O) groups excluding carboxylic acids is 1. The lowest BCUT2D eigenvalue weighted by Crippen LogP contribution is -2.29. The zero-order chi connectivity index (χ0) is 14.5. The Morgan fingerprint density at radius 2 is 2.00 bits per heavy atom. The van der Waals surface area contributed by atoms with E-state index in [1.165, 1.54) is 12.8 Å². The molecule has 1 amide bonds. The number of hydrogen-bond acceptors (Lipinski definition) is 3. The van der Waals surface area contributed by atoms with Crippen molar-refractivity contribution >= 4 is 5.91 Å². The van der Waals surface area contributed by atoms with Crippen molar-refractivity contribution in [3.8, 4) is 11.3 Å². The molecule has 2 heterocycles. The van der Waals surface area contributed by atoms with Crippen LogP contribution in [-0.4, -0.2) is 15.9 Å². The molecular formula is C17H19N3O. The SMILES string of the molecule is O=C(NCc1cccnc1-c1cccnc1)C1CCCC1. The van der Waals surface area contributed by atoms with E-state index in [4.69, 9.17) is 0 Å². The summed E-state index contributed by atoms with van der Waals surface area (Å²) in [6.45, 7) is 0.521. The molecule has 0 unspecified atom stereocenters. The minimum absolute atomic E-state index is 0.175. The minimum atomic E-state index is 0.175. The third kappa shape index (κ3) is 3.27. The van der Waals surface area contributed by atoms with Gasteiger partial charge in [0, 0.05) is 36.6 Å². The van der Waals surface area contributed by atoms with E-state index in [1.54, 1.807) is 18.6 Å². The first kappa shape index (κ1) is 13.7. The van der Waals surface area contributed by atoms with E-state index in [2.05, 4.69) is 15.3 Å². The summed E-state index contributed by atoms with van der Waals surface area (Å²) in [4.78, 5) is 20.7. The Balaban J connectivity index is 1.72. The Morgan fingerprint density at radius 1 is 1.19 bits per heavy atom. The third-order valence-electron chi connectivity index (χ3n) is 4.01. The Kier molecular flexibility index (Phi) is 4.24. The number of nitrogens with one attached hydrogen (secondary N) is 1. The van der Waals surface area contributed by atoms with E-state index in [1.807, 2.05) is 24.3 Å². The predicted molar refractivity (Wildman–Crippen MR) is 81.3 cm³/mol. The van der Waals surface area contributed by atoms with Crippen LogP contribution in [-0.2, 0) is 11.3 Å². The summed E-state index contributed by atoms with van der Waals surface area (Å²) < 4.78 is 0. The lowest BCUT2D eigenvalue weighted by Gasteiger charge is -2.12. The number of aromatic nitrogens is 2. The van der Waals surface area contributed by atoms with Gasteiger partial charge in [0.05, 0.1) is 5.69 Å². The van der Waals surface area contributed by atoms with E-state index in [0.717, 1.165) is 29.7 Å². The molecule has 0 aliphatic heterocycles. The quantitative estimate of drug-likeness (QED) is 0.937. The van der Waals surface area contributed by atoms with E-state index in [9.17, 15) is 4.79 Å². The Labute approximate surface area is 124 Å². The summed E-state index contributed by atoms with van der Waals surface area (Å²) in [5.41, 5.74) is 2.89. The fourth-order valence-electron chi connectivity index (χ4n) is 2.86. The molecule has 3 rings (SSSR count). The summed E-state index contributed by atoms with van der Waals surface area (Å²) in [5.74, 6) is 0.372. The molecule has 1 fully saturated rings. The molecule has 1 aliphatic carbocycles. The number of carbonyl (C=O) groups is 1. The first-order valence-corrected chi connectivity index (χ1v) is 7.46. The molecule has 0 spiro atoms. The van der Waals surface area contributed by atoms with Crippen LogP contribution in [0.25, 0.3) is 11.3 Å². The topological polar surface area (TPSA) is 54.9 Å². The lowest BCUT2D eigenvalue weighted by molar-refractivity contribution is -0.124. The van der Waals surface area contributed by atoms with Crippen molar-refractivity contribution in [3.63, 3.8) is 0 Å². The molecule has 0 radical (unpaired) electrons. The van der Waals surface area contributed by atoms with Gasteiger partial charge in [-0.25, -0.2) is 0 Å². The van der Waals surface area contributed by atoms with Gasteiger partial charge in [-0.05, 0) is 36.6 Å². The van der Waals surface area contributed by atoms with E-state index in [0.29, 0.717) is 6.54 Å². The van der Waals surface area contributed by atoms with Gasteiger partial charge in [0.1, 0.15) is 0 Å². The molecular weight excluding hydrogens is 262 g/mol. The van der Waals surface area contributed by atoms with Crippen LogP contribution in [0.2, 0.25) is 0 Å². The number of hydrogen-bond donors (Lipinski definition) is 1. The zero-order valence-corrected chi connectivity index (χ0v) is 12.0. The van der Waals surface area contributed by atoms with Gasteiger partial charge in [-0.2, -0.15) is 0 Å². The number of pyridine rings is 2. The maximum Gasteiger partial charge on any atom is 0.223 e. The first-order valence-electron chi connectivity index (χ1n) is 7.46. The number of nitrogens with zero attached hydrogens (tertiary/aromatic N) is 2. The van der Waals surface area contributed by atoms with Gasteiger partial charge in [0.2, 0.25) is 5.91 Å². The smallest absolute Gasteiger partial charge is 0.223 e. The molecule has 0 atom stereocenters. The van der Waals surface area contributed by atoms with Gasteiger partial charge in [0.15, 0.2) is 0 Å². The van der Waals surface area contributed by atoms with Crippen molar-refractivity contribution in [3.05, 3.63) is 48.4 Å². The lowest BCUT2D eigenvalue weighted by atomic mass is 10.1. The average molecular weight is 281 g/mol. The summed E-state index contributed by atoms with van der Waals surface area (Å²) in [6.07, 6.45) is 9.70. The van der Waals surface area contributed by atoms with Crippen molar-refractivity contribution in [2.45, 2.75) is 32.2 Å². The van der Waals surface area contributed by atoms with Gasteiger partial charge in [-0.1, -0.05) is 18.9 Å². The Hall–Kier alpha value is -2.23. The molecule has 0 saturated heterocycles. The van der Waals surface area contributed by atoms with Crippen LogP contribution >= 0.6 is 0 Å². The van der Waals surface area contributed by atoms with Crippen LogP contribution in [0, 0.1) is 5.92 Å². The van der Waals surface area contributed by atoms with Gasteiger partial charge in [0.25, 0.3) is 0 Å². The second-order valence-electron chi connectivity index (χ2n) is 5.45. The molecule has 1 N–H and O–H groups in total. The first-order chi connectivity index (χ1) is 10.3. The molecule has 2 aromatic rings. The molecule has 108 valence electrons. The second kappa shape index (κ2) is 6.48. The molecule has 0 aromatic carbocycles. The Bertz CT molecular complexity index is 606. The molecule has 2 aromatic heterocycles. The highest BCUT2D eigenvalue weighted by Gasteiger charge is 2.22. The number of amides is 1. The fraction of sp³-hybridized carbons (Fsp3) is 0.353. The molecule has 4 nitrogen and oxygen atoms in total. The average Bonchev–Trinajstić information content (AvgIpc) is 3.08. The summed E-state index contributed by atoms with van der Waals surface area (Å²) in [7, 11) is 0. The second-order valence-corrected chi connectivity index (χ2v) is 5.45. The third-order valence-corrected chi connectivity index (χ3v) is 4.01. The van der Waals surface area contributed by atoms with Crippen molar-refractivity contribution < 1.29 is 4.79 Å². The molecule has 21 heavy (non-hydrogen) atoms. The van der Waals surface area contributed by atoms with Crippen LogP contribution in [0.5, 0.6) is 0 Å². The van der Waals surface area contributed by atoms with Crippen molar-refractivity contribution in [2.75, 3.05) is 0 Å². The highest BCUT2D eigenvalue weighted by atomic mass is 16.1. The van der Waals surface area contributed by atoms with Crippen molar-refractivity contribution in [2.24, 2.45) is 5.92 Å². The molecule has 0 bridgehead atoms. The summed E-state index contributed by atoms with van der Waals surface area (Å²) >= 11 is 0. The summed E-state index contributed by atoms with van der Waals surface area (Å²) in [5, 5.41) is 3.05. The van der Waals surface area contributed by atoms with Gasteiger partial charge >= 0.3 is 0 Å². The van der Waals surface area contributed by atoms with Gasteiger partial charge in [-0.3, -0.25) is 14.8 Å². The van der Waals surface area contributed by atoms with Gasteiger partial charge < -0.3 is 5.32 Å². The molecule has 1 aliphatic rings. The maximum atomic E-state index is 12.1. The van der Waals surface area contributed by atoms with Crippen LogP contribution in [0.15, 0.2) is 42.9 Å². The van der Waals surface area contributed by atoms with E-state index in [-0.39, 0.29) is 11.8 Å². The van der Waals surface area contributed by atoms with Crippen molar-refractivity contribution in [1.29, 1.82) is 0 Å². The Morgan fingerprint density at radius 3 is 2.76 bits per heavy atom. The van der Waals surface area contributed by atoms with Crippen LogP contribution in [0.4, 0.5) is 0 Å². The van der Waals surface area contributed by atoms with Crippen LogP contribution in [0.3, 0.4) is 0 Å². The molecule has 4 heteroatoms. The predicted octanol–water partition coefficient (Wildman–Crippen LogP) is 2.95. The summed E-state index contributed by atoms with van der Waals surface area (Å²) in [6, 6.07) is 7.78. The van der Waals surface area contributed by atoms with Crippen molar-refractivity contribution in [1.82, 2.24) is 15.3 Å². The van der Waals surface area contributed by atoms with Gasteiger partial charge in [-0.15, -0.1) is 0 Å². The monoisotopic (exact) mass is 281 g/mol. The van der Waals surface area contributed by atoms with E-state index < -0.39 is 0 Å². The van der Waals surface area contributed by atoms with Crippen LogP contribution in [0.1, 0.15) is 31.2 Å². The highest BCUT2D eigenvalue weighted by Crippen LogP contribution is 2.25. The number of rotatable bonds is 4. The van der Waals surface area contributed by atoms with E-state index >= 15 is 0 Å². The largest absolute Gasteiger partial charge is 0.352 e. The fourth-order valence-corrected chi connectivity index (χ4v) is 2.86. The van der Waals surface area contributed by atoms with Crippen LogP contribution < -0.4 is 5.32 Å². The zero-order valence-electron chi connectivity index (χ0n) is 12.0. The molecule has 1 saturated carbocycles.